The number of nitrogens with zero attached hydrogens (tertiary/aromatic N) is 3. The lowest BCUT2D eigenvalue weighted by atomic mass is 9.86. The highest BCUT2D eigenvalue weighted by atomic mass is 16.7. The number of hydrogen-bond acceptors (Lipinski definition) is 5. The van der Waals surface area contributed by atoms with E-state index in [1.807, 2.05) is 36.4 Å². The normalized spacial score (nSPS) is 24.0. The first-order valence-corrected chi connectivity index (χ1v) is 12.9. The molecule has 35 heavy (non-hydrogen) atoms. The van der Waals surface area contributed by atoms with E-state index in [9.17, 15) is 0 Å². The van der Waals surface area contributed by atoms with Crippen LogP contribution >= 0.6 is 0 Å². The van der Waals surface area contributed by atoms with Gasteiger partial charge in [0.05, 0.1) is 24.6 Å². The zero-order chi connectivity index (χ0) is 24.1. The Kier molecular flexibility index (Phi) is 7.63. The number of H-pyrrole nitrogens is 1. The number of piperazine rings is 1. The maximum absolute atomic E-state index is 6.25. The molecule has 0 saturated carbocycles. The summed E-state index contributed by atoms with van der Waals surface area (Å²) < 4.78 is 12.5. The highest BCUT2D eigenvalue weighted by Crippen LogP contribution is 2.37. The fourth-order valence-corrected chi connectivity index (χ4v) is 5.03. The van der Waals surface area contributed by atoms with Gasteiger partial charge in [-0.2, -0.15) is 0 Å². The minimum atomic E-state index is -0.465. The summed E-state index contributed by atoms with van der Waals surface area (Å²) in [7, 11) is 2.21. The van der Waals surface area contributed by atoms with Crippen molar-refractivity contribution in [2.24, 2.45) is 5.41 Å². The molecule has 1 aromatic heterocycles. The van der Waals surface area contributed by atoms with Crippen molar-refractivity contribution in [2.45, 2.75) is 32.5 Å². The summed E-state index contributed by atoms with van der Waals surface area (Å²) in [4.78, 5) is 13.5. The van der Waals surface area contributed by atoms with Gasteiger partial charge in [-0.05, 0) is 26.4 Å². The van der Waals surface area contributed by atoms with Gasteiger partial charge in [0.2, 0.25) is 6.29 Å². The second-order valence-corrected chi connectivity index (χ2v) is 10.4. The third-order valence-corrected chi connectivity index (χ3v) is 7.32. The predicted molar refractivity (Wildman–Crippen MR) is 140 cm³/mol. The van der Waals surface area contributed by atoms with Crippen molar-refractivity contribution in [2.75, 3.05) is 53.0 Å². The van der Waals surface area contributed by atoms with Crippen molar-refractivity contribution in [3.8, 4) is 22.5 Å². The van der Waals surface area contributed by atoms with Crippen molar-refractivity contribution in [1.29, 1.82) is 0 Å². The van der Waals surface area contributed by atoms with E-state index in [4.69, 9.17) is 14.5 Å². The van der Waals surface area contributed by atoms with Crippen LogP contribution in [0, 0.1) is 5.41 Å². The highest BCUT2D eigenvalue weighted by molar-refractivity contribution is 5.78. The van der Waals surface area contributed by atoms with Gasteiger partial charge in [0.25, 0.3) is 0 Å². The summed E-state index contributed by atoms with van der Waals surface area (Å²) in [5, 5.41) is 0. The Morgan fingerprint density at radius 1 is 0.886 bits per heavy atom. The number of aromatic amines is 1. The molecule has 0 amide bonds. The summed E-state index contributed by atoms with van der Waals surface area (Å²) in [6, 6.07) is 20.6. The average molecular weight is 475 g/mol. The summed E-state index contributed by atoms with van der Waals surface area (Å²) in [5.41, 5.74) is 4.16. The van der Waals surface area contributed by atoms with Crippen molar-refractivity contribution >= 4 is 0 Å². The molecular formula is C29H38N4O2. The van der Waals surface area contributed by atoms with Gasteiger partial charge in [-0.15, -0.1) is 0 Å². The molecule has 0 atom stereocenters. The van der Waals surface area contributed by atoms with Gasteiger partial charge in [0, 0.05) is 42.7 Å². The number of ether oxygens (including phenoxy) is 2. The van der Waals surface area contributed by atoms with E-state index in [0.717, 1.165) is 34.8 Å². The van der Waals surface area contributed by atoms with E-state index in [2.05, 4.69) is 53.0 Å². The van der Waals surface area contributed by atoms with Gasteiger partial charge in [-0.1, -0.05) is 74.0 Å². The lowest BCUT2D eigenvalue weighted by Crippen LogP contribution is -2.44. The largest absolute Gasteiger partial charge is 0.345 e. The Morgan fingerprint density at radius 3 is 2.17 bits per heavy atom. The van der Waals surface area contributed by atoms with Crippen molar-refractivity contribution in [3.05, 3.63) is 66.5 Å². The number of nitrogens with one attached hydrogen (secondary N) is 1. The van der Waals surface area contributed by atoms with Crippen LogP contribution in [0.3, 0.4) is 0 Å². The minimum Gasteiger partial charge on any atom is -0.345 e. The van der Waals surface area contributed by atoms with Crippen LogP contribution in [-0.4, -0.2) is 72.8 Å². The maximum atomic E-state index is 6.25. The van der Waals surface area contributed by atoms with Gasteiger partial charge < -0.3 is 24.3 Å². The van der Waals surface area contributed by atoms with E-state index in [1.165, 1.54) is 45.6 Å². The zero-order valence-electron chi connectivity index (χ0n) is 21.1. The van der Waals surface area contributed by atoms with Crippen LogP contribution in [0.15, 0.2) is 60.7 Å². The van der Waals surface area contributed by atoms with E-state index in [-0.39, 0.29) is 5.41 Å². The number of benzene rings is 2. The molecule has 0 radical (unpaired) electrons. The van der Waals surface area contributed by atoms with Crippen molar-refractivity contribution < 1.29 is 9.47 Å². The van der Waals surface area contributed by atoms with Crippen LogP contribution < -0.4 is 0 Å². The fraction of sp³-hybridized carbons (Fsp3) is 0.483. The van der Waals surface area contributed by atoms with Gasteiger partial charge in [0.15, 0.2) is 5.82 Å². The molecule has 2 aliphatic heterocycles. The number of imidazole rings is 1. The molecule has 186 valence electrons. The monoisotopic (exact) mass is 474 g/mol. The van der Waals surface area contributed by atoms with E-state index in [1.54, 1.807) is 0 Å². The third kappa shape index (κ3) is 6.01. The molecule has 3 aromatic rings. The van der Waals surface area contributed by atoms with E-state index < -0.39 is 6.29 Å². The first-order valence-electron chi connectivity index (χ1n) is 12.9. The van der Waals surface area contributed by atoms with Gasteiger partial charge >= 0.3 is 0 Å². The third-order valence-electron chi connectivity index (χ3n) is 7.32. The van der Waals surface area contributed by atoms with Crippen LogP contribution in [0.1, 0.15) is 38.3 Å². The molecule has 5 rings (SSSR count). The van der Waals surface area contributed by atoms with Gasteiger partial charge in [-0.3, -0.25) is 0 Å². The number of unbranched alkanes of at least 4 members (excludes halogenated alkanes) is 1. The summed E-state index contributed by atoms with van der Waals surface area (Å²) >= 11 is 0. The Balaban J connectivity index is 1.19. The lowest BCUT2D eigenvalue weighted by molar-refractivity contribution is -0.235. The number of aromatic nitrogens is 2. The summed E-state index contributed by atoms with van der Waals surface area (Å²) in [6.45, 7) is 9.62. The molecule has 2 fully saturated rings. The lowest BCUT2D eigenvalue weighted by Gasteiger charge is -2.37. The van der Waals surface area contributed by atoms with Crippen molar-refractivity contribution in [3.63, 3.8) is 0 Å². The molecule has 0 bridgehead atoms. The van der Waals surface area contributed by atoms with Crippen LogP contribution in [0.25, 0.3) is 22.5 Å². The maximum Gasteiger partial charge on any atom is 0.217 e. The van der Waals surface area contributed by atoms with Gasteiger partial charge in [-0.25, -0.2) is 4.98 Å². The minimum absolute atomic E-state index is 0.0513. The van der Waals surface area contributed by atoms with E-state index in [0.29, 0.717) is 13.2 Å². The van der Waals surface area contributed by atoms with Crippen LogP contribution in [0.2, 0.25) is 0 Å². The molecule has 0 aliphatic carbocycles. The molecule has 0 spiro atoms. The zero-order valence-corrected chi connectivity index (χ0v) is 21.1. The smallest absolute Gasteiger partial charge is 0.217 e. The Hall–Kier alpha value is -2.51. The summed E-state index contributed by atoms with van der Waals surface area (Å²) in [5.74, 6) is 0.736. The summed E-state index contributed by atoms with van der Waals surface area (Å²) in [6.07, 6.45) is 3.10. The Labute approximate surface area is 209 Å². The first-order chi connectivity index (χ1) is 17.1. The van der Waals surface area contributed by atoms with Crippen LogP contribution in [-0.2, 0) is 9.47 Å². The molecule has 3 heterocycles. The molecule has 0 unspecified atom stereocenters. The second-order valence-electron chi connectivity index (χ2n) is 10.4. The molecule has 1 N–H and O–H groups in total. The Bertz CT molecular complexity index is 996. The Morgan fingerprint density at radius 2 is 1.51 bits per heavy atom. The molecule has 2 aromatic carbocycles. The average Bonchev–Trinajstić information content (AvgIpc) is 3.35. The van der Waals surface area contributed by atoms with Crippen molar-refractivity contribution in [1.82, 2.24) is 19.8 Å². The number of hydrogen-bond donors (Lipinski definition) is 1. The van der Waals surface area contributed by atoms with E-state index >= 15 is 0 Å². The number of likely N-dealkylation sites (N-methyl/N-ethyl adjacent to an activating group) is 1. The van der Waals surface area contributed by atoms with Crippen LogP contribution in [0.5, 0.6) is 0 Å². The first kappa shape index (κ1) is 24.2. The topological polar surface area (TPSA) is 53.6 Å². The number of rotatable bonds is 8. The molecule has 6 nitrogen and oxygen atoms in total. The molecular weight excluding hydrogens is 436 g/mol. The molecule has 2 aliphatic rings. The quantitative estimate of drug-likeness (QED) is 0.454. The van der Waals surface area contributed by atoms with Crippen LogP contribution in [0.4, 0.5) is 0 Å². The standard InChI is InChI=1S/C29H38N4O2/c1-29(15-9-10-16-33-19-17-32(2)18-20-33)21-34-28(35-22-29)27-30-25(23-11-5-3-6-12-23)26(31-27)24-13-7-4-8-14-24/h3-8,11-14,28H,9-10,15-22H2,1-2H3,(H,30,31). The second kappa shape index (κ2) is 11.0. The predicted octanol–water partition coefficient (Wildman–Crippen LogP) is 5.21. The molecule has 6 heteroatoms. The SMILES string of the molecule is CN1CCN(CCCCC2(C)COC(c3nc(-c4ccccc4)c(-c4ccccc4)[nH]3)OC2)CC1. The fourth-order valence-electron chi connectivity index (χ4n) is 5.03. The van der Waals surface area contributed by atoms with Gasteiger partial charge in [0.1, 0.15) is 0 Å². The molecule has 2 saturated heterocycles. The highest BCUT2D eigenvalue weighted by Gasteiger charge is 2.34.